The molecule has 0 heteroatoms. The predicted molar refractivity (Wildman–Crippen MR) is 32.4 cm³/mol. The van der Waals surface area contributed by atoms with E-state index in [-0.39, 0.29) is 0 Å². The Morgan fingerprint density at radius 3 is 1.75 bits per heavy atom. The molecule has 0 amide bonds. The molecule has 0 nitrogen and oxygen atoms in total. The molecule has 4 aliphatic rings. The summed E-state index contributed by atoms with van der Waals surface area (Å²) in [6, 6.07) is 0. The standard InChI is InChI=1S/C8H12/c1-5-2-6(1)8-4-7(8)3-5/h5-8H,1-4H2/t5?,6?,7?,8-/m1/s1. The lowest BCUT2D eigenvalue weighted by atomic mass is 9.65. The maximum atomic E-state index is 1.61. The number of hydrogen-bond donors (Lipinski definition) is 0. The molecule has 0 heterocycles. The van der Waals surface area contributed by atoms with Crippen LogP contribution in [-0.4, -0.2) is 0 Å². The van der Waals surface area contributed by atoms with Crippen molar-refractivity contribution in [3.63, 3.8) is 0 Å². The van der Waals surface area contributed by atoms with Gasteiger partial charge >= 0.3 is 0 Å². The van der Waals surface area contributed by atoms with Gasteiger partial charge in [0.2, 0.25) is 0 Å². The molecule has 0 N–H and O–H groups in total. The summed E-state index contributed by atoms with van der Waals surface area (Å²) in [6.07, 6.45) is 6.45. The van der Waals surface area contributed by atoms with Crippen LogP contribution in [0.25, 0.3) is 0 Å². The summed E-state index contributed by atoms with van der Waals surface area (Å²) in [5.74, 6) is 4.88. The second-order valence-electron chi connectivity index (χ2n) is 3.99. The van der Waals surface area contributed by atoms with E-state index in [0.29, 0.717) is 0 Å². The van der Waals surface area contributed by atoms with Crippen LogP contribution >= 0.6 is 0 Å². The van der Waals surface area contributed by atoms with Crippen LogP contribution in [0.1, 0.15) is 25.7 Å². The maximum absolute atomic E-state index is 1.61. The van der Waals surface area contributed by atoms with Crippen molar-refractivity contribution in [2.24, 2.45) is 23.7 Å². The van der Waals surface area contributed by atoms with E-state index >= 15 is 0 Å². The zero-order valence-electron chi connectivity index (χ0n) is 5.14. The average Bonchev–Trinajstić information content (AvgIpc) is 2.35. The molecule has 2 bridgehead atoms. The zero-order valence-corrected chi connectivity index (χ0v) is 5.14. The molecule has 0 radical (unpaired) electrons. The van der Waals surface area contributed by atoms with Crippen molar-refractivity contribution in [3.05, 3.63) is 0 Å². The zero-order chi connectivity index (χ0) is 5.14. The summed E-state index contributed by atoms with van der Waals surface area (Å²) < 4.78 is 0. The molecular formula is C8H12. The van der Waals surface area contributed by atoms with E-state index in [1.165, 1.54) is 23.7 Å². The van der Waals surface area contributed by atoms with Gasteiger partial charge in [-0.3, -0.25) is 0 Å². The highest BCUT2D eigenvalue weighted by Crippen LogP contribution is 2.63. The van der Waals surface area contributed by atoms with E-state index in [0.717, 1.165) is 0 Å². The first-order valence-corrected chi connectivity index (χ1v) is 3.93. The molecule has 4 fully saturated rings. The molecule has 4 saturated carbocycles. The highest BCUT2D eigenvalue weighted by atomic mass is 14.6. The van der Waals surface area contributed by atoms with Crippen molar-refractivity contribution in [2.45, 2.75) is 25.7 Å². The van der Waals surface area contributed by atoms with Gasteiger partial charge in [-0.15, -0.1) is 0 Å². The highest BCUT2D eigenvalue weighted by molar-refractivity contribution is 5.03. The van der Waals surface area contributed by atoms with Crippen LogP contribution in [0.3, 0.4) is 0 Å². The van der Waals surface area contributed by atoms with E-state index in [4.69, 9.17) is 0 Å². The Balaban J connectivity index is 1.91. The van der Waals surface area contributed by atoms with Crippen LogP contribution in [0.4, 0.5) is 0 Å². The Hall–Kier alpha value is 0. The van der Waals surface area contributed by atoms with Gasteiger partial charge in [0.25, 0.3) is 0 Å². The smallest absolute Gasteiger partial charge is 0.0354 e. The fraction of sp³-hybridized carbons (Fsp3) is 1.00. The molecule has 44 valence electrons. The third-order valence-electron chi connectivity index (χ3n) is 3.49. The molecule has 0 aromatic rings. The molecule has 4 aliphatic carbocycles. The summed E-state index contributed by atoms with van der Waals surface area (Å²) in [5, 5.41) is 0. The minimum absolute atomic E-state index is 1.20. The topological polar surface area (TPSA) is 0 Å². The molecule has 0 aliphatic heterocycles. The maximum Gasteiger partial charge on any atom is -0.0354 e. The summed E-state index contributed by atoms with van der Waals surface area (Å²) in [7, 11) is 0. The first kappa shape index (κ1) is 3.92. The normalized spacial score (nSPS) is 66.0. The first-order chi connectivity index (χ1) is 3.93. The molecule has 8 heavy (non-hydrogen) atoms. The molecular weight excluding hydrogens is 96.1 g/mol. The van der Waals surface area contributed by atoms with Gasteiger partial charge in [0.15, 0.2) is 0 Å². The fourth-order valence-electron chi connectivity index (χ4n) is 2.88. The van der Waals surface area contributed by atoms with Gasteiger partial charge in [0.1, 0.15) is 0 Å². The monoisotopic (exact) mass is 108 g/mol. The third-order valence-corrected chi connectivity index (χ3v) is 3.49. The largest absolute Gasteiger partial charge is 0.0473 e. The Morgan fingerprint density at radius 1 is 0.750 bits per heavy atom. The van der Waals surface area contributed by atoms with Gasteiger partial charge in [0, 0.05) is 0 Å². The summed E-state index contributed by atoms with van der Waals surface area (Å²) >= 11 is 0. The average molecular weight is 108 g/mol. The Bertz CT molecular complexity index is 122. The molecule has 2 atom stereocenters. The SMILES string of the molecule is C1C2CC1[C@H]1CC1C2. The third kappa shape index (κ3) is 0.310. The number of hydrogen-bond acceptors (Lipinski definition) is 0. The second kappa shape index (κ2) is 0.984. The molecule has 0 aromatic heterocycles. The lowest BCUT2D eigenvalue weighted by molar-refractivity contribution is 0.103. The van der Waals surface area contributed by atoms with Crippen LogP contribution in [0.5, 0.6) is 0 Å². The Morgan fingerprint density at radius 2 is 1.38 bits per heavy atom. The van der Waals surface area contributed by atoms with Gasteiger partial charge in [0.05, 0.1) is 0 Å². The molecule has 0 aromatic carbocycles. The van der Waals surface area contributed by atoms with Crippen molar-refractivity contribution >= 4 is 0 Å². The lowest BCUT2D eigenvalue weighted by Gasteiger charge is -2.40. The van der Waals surface area contributed by atoms with Crippen molar-refractivity contribution < 1.29 is 0 Å². The van der Waals surface area contributed by atoms with E-state index < -0.39 is 0 Å². The summed E-state index contributed by atoms with van der Waals surface area (Å²) in [6.45, 7) is 0. The van der Waals surface area contributed by atoms with E-state index in [1.54, 1.807) is 25.7 Å². The van der Waals surface area contributed by atoms with Crippen molar-refractivity contribution in [1.29, 1.82) is 0 Å². The van der Waals surface area contributed by atoms with Crippen molar-refractivity contribution in [3.8, 4) is 0 Å². The predicted octanol–water partition coefficient (Wildman–Crippen LogP) is 2.05. The molecule has 0 saturated heterocycles. The molecule has 4 rings (SSSR count). The van der Waals surface area contributed by atoms with Crippen molar-refractivity contribution in [2.75, 3.05) is 0 Å². The Kier molecular flexibility index (Phi) is 0.482. The second-order valence-corrected chi connectivity index (χ2v) is 3.99. The Labute approximate surface area is 50.3 Å². The van der Waals surface area contributed by atoms with Crippen LogP contribution in [-0.2, 0) is 0 Å². The number of rotatable bonds is 0. The van der Waals surface area contributed by atoms with Gasteiger partial charge < -0.3 is 0 Å². The van der Waals surface area contributed by atoms with E-state index in [1.807, 2.05) is 0 Å². The summed E-state index contributed by atoms with van der Waals surface area (Å²) in [5.41, 5.74) is 0. The quantitative estimate of drug-likeness (QED) is 0.445. The van der Waals surface area contributed by atoms with Gasteiger partial charge in [-0.25, -0.2) is 0 Å². The van der Waals surface area contributed by atoms with E-state index in [2.05, 4.69) is 0 Å². The minimum Gasteiger partial charge on any atom is -0.0473 e. The van der Waals surface area contributed by atoms with Crippen molar-refractivity contribution in [1.82, 2.24) is 0 Å². The lowest BCUT2D eigenvalue weighted by Crippen LogP contribution is -2.30. The summed E-state index contributed by atoms with van der Waals surface area (Å²) in [4.78, 5) is 0. The van der Waals surface area contributed by atoms with Gasteiger partial charge in [-0.2, -0.15) is 0 Å². The van der Waals surface area contributed by atoms with Crippen LogP contribution in [0, 0.1) is 23.7 Å². The highest BCUT2D eigenvalue weighted by Gasteiger charge is 2.53. The van der Waals surface area contributed by atoms with Crippen LogP contribution in [0.15, 0.2) is 0 Å². The van der Waals surface area contributed by atoms with Gasteiger partial charge in [-0.1, -0.05) is 0 Å². The molecule has 0 spiro atoms. The van der Waals surface area contributed by atoms with E-state index in [9.17, 15) is 0 Å². The fourth-order valence-corrected chi connectivity index (χ4v) is 2.88. The van der Waals surface area contributed by atoms with Gasteiger partial charge in [-0.05, 0) is 49.4 Å². The van der Waals surface area contributed by atoms with Crippen LogP contribution in [0.2, 0.25) is 0 Å². The minimum atomic E-state index is 1.20. The first-order valence-electron chi connectivity index (χ1n) is 3.93. The molecule has 1 unspecified atom stereocenters. The van der Waals surface area contributed by atoms with Crippen LogP contribution < -0.4 is 0 Å².